The standard InChI is InChI=1S/C13H14ClF2N3O/c1-8(6-9-2-4-10(14)5-3-9)17-7-11-18-13(12(15)16)19-20-11/h2-5,8,12,17H,6-7H2,1H3/t8-/m0/s1. The first kappa shape index (κ1) is 14.9. The van der Waals surface area contributed by atoms with E-state index in [1.54, 1.807) is 0 Å². The molecule has 0 amide bonds. The Hall–Kier alpha value is -1.53. The van der Waals surface area contributed by atoms with E-state index in [0.29, 0.717) is 5.02 Å². The first-order valence-electron chi connectivity index (χ1n) is 6.13. The minimum absolute atomic E-state index is 0.137. The van der Waals surface area contributed by atoms with Gasteiger partial charge in [-0.05, 0) is 31.0 Å². The monoisotopic (exact) mass is 301 g/mol. The van der Waals surface area contributed by atoms with Crippen molar-refractivity contribution in [1.29, 1.82) is 0 Å². The van der Waals surface area contributed by atoms with Crippen LogP contribution in [0.4, 0.5) is 8.78 Å². The molecule has 108 valence electrons. The van der Waals surface area contributed by atoms with Gasteiger partial charge in [0.1, 0.15) is 0 Å². The summed E-state index contributed by atoms with van der Waals surface area (Å²) < 4.78 is 29.3. The second-order valence-corrected chi connectivity index (χ2v) is 4.90. The Labute approximate surface area is 120 Å². The molecular formula is C13H14ClF2N3O. The van der Waals surface area contributed by atoms with Crippen LogP contribution in [0, 0.1) is 0 Å². The number of nitrogens with zero attached hydrogens (tertiary/aromatic N) is 2. The minimum atomic E-state index is -2.71. The predicted molar refractivity (Wildman–Crippen MR) is 70.7 cm³/mol. The van der Waals surface area contributed by atoms with Crippen LogP contribution in [0.1, 0.15) is 30.6 Å². The Bertz CT molecular complexity index is 545. The maximum atomic E-state index is 12.3. The van der Waals surface area contributed by atoms with Crippen LogP contribution in [0.5, 0.6) is 0 Å². The molecule has 0 bridgehead atoms. The lowest BCUT2D eigenvalue weighted by Gasteiger charge is -2.12. The van der Waals surface area contributed by atoms with Gasteiger partial charge in [0.05, 0.1) is 6.54 Å². The lowest BCUT2D eigenvalue weighted by molar-refractivity contribution is 0.136. The van der Waals surface area contributed by atoms with Crippen molar-refractivity contribution in [2.75, 3.05) is 0 Å². The molecule has 0 aliphatic carbocycles. The van der Waals surface area contributed by atoms with Crippen LogP contribution in [0.3, 0.4) is 0 Å². The Morgan fingerprint density at radius 3 is 2.60 bits per heavy atom. The van der Waals surface area contributed by atoms with Crippen LogP contribution in [0.25, 0.3) is 0 Å². The molecule has 1 atom stereocenters. The summed E-state index contributed by atoms with van der Waals surface area (Å²) in [6.07, 6.45) is -1.92. The molecule has 1 N–H and O–H groups in total. The molecule has 1 aromatic heterocycles. The zero-order valence-corrected chi connectivity index (χ0v) is 11.6. The van der Waals surface area contributed by atoms with Crippen molar-refractivity contribution in [3.05, 3.63) is 46.6 Å². The van der Waals surface area contributed by atoms with Crippen LogP contribution in [0.15, 0.2) is 28.8 Å². The van der Waals surface area contributed by atoms with Crippen molar-refractivity contribution in [3.63, 3.8) is 0 Å². The number of hydrogen-bond donors (Lipinski definition) is 1. The molecule has 7 heteroatoms. The predicted octanol–water partition coefficient (Wildman–Crippen LogP) is 3.38. The van der Waals surface area contributed by atoms with Gasteiger partial charge >= 0.3 is 6.43 Å². The molecule has 20 heavy (non-hydrogen) atoms. The molecule has 0 unspecified atom stereocenters. The molecule has 0 saturated carbocycles. The first-order valence-corrected chi connectivity index (χ1v) is 6.51. The van der Waals surface area contributed by atoms with Gasteiger partial charge in [0.25, 0.3) is 0 Å². The first-order chi connectivity index (χ1) is 9.54. The third-order valence-corrected chi connectivity index (χ3v) is 2.99. The number of aromatic nitrogens is 2. The number of benzene rings is 1. The van der Waals surface area contributed by atoms with E-state index in [1.807, 2.05) is 31.2 Å². The van der Waals surface area contributed by atoms with Gasteiger partial charge in [0.15, 0.2) is 0 Å². The molecule has 1 heterocycles. The maximum absolute atomic E-state index is 12.3. The van der Waals surface area contributed by atoms with Gasteiger partial charge in [-0.15, -0.1) is 0 Å². The molecule has 0 saturated heterocycles. The average Bonchev–Trinajstić information content (AvgIpc) is 2.88. The van der Waals surface area contributed by atoms with Crippen molar-refractivity contribution < 1.29 is 13.3 Å². The van der Waals surface area contributed by atoms with Gasteiger partial charge in [-0.2, -0.15) is 4.98 Å². The fourth-order valence-electron chi connectivity index (χ4n) is 1.74. The minimum Gasteiger partial charge on any atom is -0.338 e. The highest BCUT2D eigenvalue weighted by Crippen LogP contribution is 2.14. The number of rotatable bonds is 6. The van der Waals surface area contributed by atoms with Crippen molar-refractivity contribution in [2.45, 2.75) is 32.4 Å². The summed E-state index contributed by atoms with van der Waals surface area (Å²) in [4.78, 5) is 3.59. The molecule has 2 rings (SSSR count). The van der Waals surface area contributed by atoms with E-state index in [9.17, 15) is 8.78 Å². The molecule has 1 aromatic carbocycles. The largest absolute Gasteiger partial charge is 0.338 e. The van der Waals surface area contributed by atoms with E-state index < -0.39 is 12.2 Å². The van der Waals surface area contributed by atoms with E-state index in [-0.39, 0.29) is 18.5 Å². The third kappa shape index (κ3) is 4.25. The lowest BCUT2D eigenvalue weighted by Crippen LogP contribution is -2.27. The Balaban J connectivity index is 1.82. The summed E-state index contributed by atoms with van der Waals surface area (Å²) in [6, 6.07) is 7.69. The zero-order valence-electron chi connectivity index (χ0n) is 10.8. The van der Waals surface area contributed by atoms with Gasteiger partial charge in [-0.1, -0.05) is 28.9 Å². The highest BCUT2D eigenvalue weighted by atomic mass is 35.5. The summed E-state index contributed by atoms with van der Waals surface area (Å²) in [5.74, 6) is -0.421. The average molecular weight is 302 g/mol. The Morgan fingerprint density at radius 2 is 2.00 bits per heavy atom. The molecule has 0 aliphatic rings. The maximum Gasteiger partial charge on any atom is 0.300 e. The summed E-state index contributed by atoms with van der Waals surface area (Å²) in [5.41, 5.74) is 1.13. The third-order valence-electron chi connectivity index (χ3n) is 2.74. The summed E-state index contributed by atoms with van der Waals surface area (Å²) in [7, 11) is 0. The van der Waals surface area contributed by atoms with E-state index in [1.165, 1.54) is 0 Å². The van der Waals surface area contributed by atoms with E-state index in [2.05, 4.69) is 15.5 Å². The second kappa shape index (κ2) is 6.76. The Morgan fingerprint density at radius 1 is 1.30 bits per heavy atom. The smallest absolute Gasteiger partial charge is 0.300 e. The number of nitrogens with one attached hydrogen (secondary N) is 1. The fourth-order valence-corrected chi connectivity index (χ4v) is 1.86. The van der Waals surface area contributed by atoms with Crippen molar-refractivity contribution in [2.24, 2.45) is 0 Å². The van der Waals surface area contributed by atoms with Crippen molar-refractivity contribution in [3.8, 4) is 0 Å². The van der Waals surface area contributed by atoms with Gasteiger partial charge in [-0.25, -0.2) is 8.78 Å². The molecule has 0 aliphatic heterocycles. The molecule has 0 spiro atoms. The lowest BCUT2D eigenvalue weighted by atomic mass is 10.1. The number of halogens is 3. The number of hydrogen-bond acceptors (Lipinski definition) is 4. The van der Waals surface area contributed by atoms with E-state index in [4.69, 9.17) is 16.1 Å². The topological polar surface area (TPSA) is 51.0 Å². The van der Waals surface area contributed by atoms with Gasteiger partial charge in [0.2, 0.25) is 11.7 Å². The van der Waals surface area contributed by atoms with Crippen LogP contribution in [0.2, 0.25) is 5.02 Å². The SMILES string of the molecule is C[C@@H](Cc1ccc(Cl)cc1)NCc1nc(C(F)F)no1. The normalized spacial score (nSPS) is 12.8. The Kier molecular flexibility index (Phi) is 5.03. The molecule has 4 nitrogen and oxygen atoms in total. The van der Waals surface area contributed by atoms with Crippen LogP contribution in [-0.2, 0) is 13.0 Å². The van der Waals surface area contributed by atoms with Crippen LogP contribution in [-0.4, -0.2) is 16.2 Å². The zero-order chi connectivity index (χ0) is 14.5. The van der Waals surface area contributed by atoms with E-state index in [0.717, 1.165) is 12.0 Å². The van der Waals surface area contributed by atoms with Gasteiger partial charge < -0.3 is 9.84 Å². The van der Waals surface area contributed by atoms with Gasteiger partial charge in [-0.3, -0.25) is 0 Å². The highest BCUT2D eigenvalue weighted by molar-refractivity contribution is 6.30. The van der Waals surface area contributed by atoms with Crippen LogP contribution >= 0.6 is 11.6 Å². The van der Waals surface area contributed by atoms with Crippen LogP contribution < -0.4 is 5.32 Å². The highest BCUT2D eigenvalue weighted by Gasteiger charge is 2.15. The molecule has 0 radical (unpaired) electrons. The second-order valence-electron chi connectivity index (χ2n) is 4.46. The van der Waals surface area contributed by atoms with E-state index >= 15 is 0 Å². The fraction of sp³-hybridized carbons (Fsp3) is 0.385. The molecule has 2 aromatic rings. The summed E-state index contributed by atoms with van der Waals surface area (Å²) in [5, 5.41) is 7.03. The quantitative estimate of drug-likeness (QED) is 0.888. The summed E-state index contributed by atoms with van der Waals surface area (Å²) in [6.45, 7) is 2.24. The van der Waals surface area contributed by atoms with Crippen molar-refractivity contribution in [1.82, 2.24) is 15.5 Å². The molecule has 0 fully saturated rings. The van der Waals surface area contributed by atoms with Crippen molar-refractivity contribution >= 4 is 11.6 Å². The summed E-state index contributed by atoms with van der Waals surface area (Å²) >= 11 is 5.81. The van der Waals surface area contributed by atoms with Gasteiger partial charge in [0, 0.05) is 11.1 Å². The molecular weight excluding hydrogens is 288 g/mol. The number of alkyl halides is 2.